The molecule has 0 saturated carbocycles. The molecule has 0 radical (unpaired) electrons. The number of fused-ring (bicyclic) bond motifs is 1. The zero-order chi connectivity index (χ0) is 15.0. The van der Waals surface area contributed by atoms with Crippen molar-refractivity contribution >= 4 is 44.9 Å². The van der Waals surface area contributed by atoms with E-state index in [9.17, 15) is 5.26 Å². The summed E-state index contributed by atoms with van der Waals surface area (Å²) >= 11 is 2.22. The van der Waals surface area contributed by atoms with E-state index in [1.54, 1.807) is 6.20 Å². The van der Waals surface area contributed by atoms with Crippen LogP contribution in [0.1, 0.15) is 17.0 Å². The highest BCUT2D eigenvalue weighted by atomic mass is 127. The fourth-order valence-electron chi connectivity index (χ4n) is 2.29. The van der Waals surface area contributed by atoms with Gasteiger partial charge in [-0.05, 0) is 60.7 Å². The van der Waals surface area contributed by atoms with Crippen molar-refractivity contribution in [3.05, 3.63) is 51.0 Å². The van der Waals surface area contributed by atoms with Crippen LogP contribution in [0.15, 0.2) is 30.5 Å². The van der Waals surface area contributed by atoms with Gasteiger partial charge in [-0.25, -0.2) is 0 Å². The van der Waals surface area contributed by atoms with E-state index < -0.39 is 0 Å². The Morgan fingerprint density at radius 1 is 1.29 bits per heavy atom. The molecule has 1 aromatic carbocycles. The highest BCUT2D eigenvalue weighted by Gasteiger charge is 2.11. The van der Waals surface area contributed by atoms with Crippen LogP contribution >= 0.6 is 22.6 Å². The summed E-state index contributed by atoms with van der Waals surface area (Å²) in [6.45, 7) is 3.98. The van der Waals surface area contributed by atoms with Gasteiger partial charge in [-0.1, -0.05) is 0 Å². The van der Waals surface area contributed by atoms with Crippen molar-refractivity contribution in [3.63, 3.8) is 0 Å². The van der Waals surface area contributed by atoms with Gasteiger partial charge >= 0.3 is 0 Å². The molecule has 2 aromatic heterocycles. The number of aromatic amines is 1. The predicted molar refractivity (Wildman–Crippen MR) is 92.7 cm³/mol. The van der Waals surface area contributed by atoms with Crippen LogP contribution in [0.25, 0.3) is 10.9 Å². The standard InChI is InChI=1S/C16H13IN4/c1-9-5-11-6-13(3-4-14(11)20-9)21-16-12(7-18)8-19-10(2)15(16)17/h3-6,8,20H,1-2H3,(H,19,21). The second-order valence-corrected chi connectivity index (χ2v) is 6.02. The van der Waals surface area contributed by atoms with Gasteiger partial charge < -0.3 is 10.3 Å². The lowest BCUT2D eigenvalue weighted by molar-refractivity contribution is 1.17. The Kier molecular flexibility index (Phi) is 3.55. The van der Waals surface area contributed by atoms with Gasteiger partial charge in [0.05, 0.1) is 20.5 Å². The second-order valence-electron chi connectivity index (χ2n) is 4.94. The highest BCUT2D eigenvalue weighted by Crippen LogP contribution is 2.29. The number of H-pyrrole nitrogens is 1. The van der Waals surface area contributed by atoms with Gasteiger partial charge in [0.1, 0.15) is 6.07 Å². The largest absolute Gasteiger partial charge is 0.359 e. The Hall–Kier alpha value is -2.07. The summed E-state index contributed by atoms with van der Waals surface area (Å²) in [5.41, 5.74) is 5.48. The van der Waals surface area contributed by atoms with Crippen molar-refractivity contribution in [1.29, 1.82) is 5.26 Å². The molecule has 0 atom stereocenters. The van der Waals surface area contributed by atoms with E-state index in [4.69, 9.17) is 0 Å². The molecule has 21 heavy (non-hydrogen) atoms. The van der Waals surface area contributed by atoms with Crippen LogP contribution in [-0.2, 0) is 0 Å². The number of pyridine rings is 1. The first-order chi connectivity index (χ1) is 10.1. The van der Waals surface area contributed by atoms with Crippen molar-refractivity contribution in [3.8, 4) is 6.07 Å². The Labute approximate surface area is 136 Å². The number of hydrogen-bond acceptors (Lipinski definition) is 3. The molecule has 2 N–H and O–H groups in total. The summed E-state index contributed by atoms with van der Waals surface area (Å²) in [5.74, 6) is 0. The topological polar surface area (TPSA) is 64.5 Å². The number of nitriles is 1. The van der Waals surface area contributed by atoms with Gasteiger partial charge in [0.15, 0.2) is 0 Å². The first kappa shape index (κ1) is 13.9. The number of anilines is 2. The van der Waals surface area contributed by atoms with Crippen LogP contribution in [0.3, 0.4) is 0 Å². The summed E-state index contributed by atoms with van der Waals surface area (Å²) in [6.07, 6.45) is 1.61. The number of nitrogens with one attached hydrogen (secondary N) is 2. The van der Waals surface area contributed by atoms with Gasteiger partial charge in [0.25, 0.3) is 0 Å². The van der Waals surface area contributed by atoms with E-state index in [0.717, 1.165) is 37.2 Å². The minimum absolute atomic E-state index is 0.551. The molecule has 0 unspecified atom stereocenters. The number of hydrogen-bond donors (Lipinski definition) is 2. The van der Waals surface area contributed by atoms with E-state index in [1.165, 1.54) is 0 Å². The maximum absolute atomic E-state index is 9.25. The molecule has 0 fully saturated rings. The predicted octanol–water partition coefficient (Wildman–Crippen LogP) is 4.40. The van der Waals surface area contributed by atoms with Crippen molar-refractivity contribution < 1.29 is 0 Å². The van der Waals surface area contributed by atoms with Crippen LogP contribution in [-0.4, -0.2) is 9.97 Å². The number of aromatic nitrogens is 2. The summed E-state index contributed by atoms with van der Waals surface area (Å²) in [5, 5.41) is 13.7. The fraction of sp³-hybridized carbons (Fsp3) is 0.125. The third-order valence-corrected chi connectivity index (χ3v) is 4.66. The van der Waals surface area contributed by atoms with Crippen LogP contribution in [0.5, 0.6) is 0 Å². The zero-order valence-corrected chi connectivity index (χ0v) is 13.8. The fourth-order valence-corrected chi connectivity index (χ4v) is 2.85. The molecule has 5 heteroatoms. The zero-order valence-electron chi connectivity index (χ0n) is 11.7. The number of aryl methyl sites for hydroxylation is 2. The molecule has 4 nitrogen and oxygen atoms in total. The maximum Gasteiger partial charge on any atom is 0.103 e. The lowest BCUT2D eigenvalue weighted by Crippen LogP contribution is -2.00. The normalized spacial score (nSPS) is 10.6. The number of benzene rings is 1. The lowest BCUT2D eigenvalue weighted by atomic mass is 10.2. The summed E-state index contributed by atoms with van der Waals surface area (Å²) in [6, 6.07) is 10.4. The molecule has 2 heterocycles. The van der Waals surface area contributed by atoms with Crippen LogP contribution in [0, 0.1) is 28.7 Å². The third-order valence-electron chi connectivity index (χ3n) is 3.34. The number of rotatable bonds is 2. The first-order valence-corrected chi connectivity index (χ1v) is 7.58. The average Bonchev–Trinajstić information content (AvgIpc) is 2.83. The van der Waals surface area contributed by atoms with Crippen molar-refractivity contribution in [2.45, 2.75) is 13.8 Å². The minimum atomic E-state index is 0.551. The van der Waals surface area contributed by atoms with Gasteiger partial charge in [-0.3, -0.25) is 4.98 Å². The second kappa shape index (κ2) is 5.37. The first-order valence-electron chi connectivity index (χ1n) is 6.50. The molecule has 0 aliphatic heterocycles. The molecule has 0 aliphatic carbocycles. The van der Waals surface area contributed by atoms with Crippen LogP contribution < -0.4 is 5.32 Å². The van der Waals surface area contributed by atoms with Gasteiger partial charge in [-0.2, -0.15) is 5.26 Å². The van der Waals surface area contributed by atoms with E-state index in [2.05, 4.69) is 56.1 Å². The van der Waals surface area contributed by atoms with Crippen LogP contribution in [0.2, 0.25) is 0 Å². The molecule has 0 amide bonds. The lowest BCUT2D eigenvalue weighted by Gasteiger charge is -2.12. The van der Waals surface area contributed by atoms with Crippen molar-refractivity contribution in [1.82, 2.24) is 9.97 Å². The Bertz CT molecular complexity index is 874. The Balaban J connectivity index is 2.06. The quantitative estimate of drug-likeness (QED) is 0.640. The average molecular weight is 388 g/mol. The van der Waals surface area contributed by atoms with E-state index in [1.807, 2.05) is 26.0 Å². The van der Waals surface area contributed by atoms with Gasteiger partial charge in [0, 0.05) is 28.5 Å². The molecule has 3 aromatic rings. The molecule has 0 saturated heterocycles. The molecule has 0 bridgehead atoms. The summed E-state index contributed by atoms with van der Waals surface area (Å²) in [4.78, 5) is 7.53. The molecular weight excluding hydrogens is 375 g/mol. The van der Waals surface area contributed by atoms with Gasteiger partial charge in [-0.15, -0.1) is 0 Å². The van der Waals surface area contributed by atoms with Crippen LogP contribution in [0.4, 0.5) is 11.4 Å². The number of nitrogens with zero attached hydrogens (tertiary/aromatic N) is 2. The maximum atomic E-state index is 9.25. The smallest absolute Gasteiger partial charge is 0.103 e. The van der Waals surface area contributed by atoms with E-state index >= 15 is 0 Å². The Morgan fingerprint density at radius 3 is 2.86 bits per heavy atom. The molecular formula is C16H13IN4. The third kappa shape index (κ3) is 2.59. The Morgan fingerprint density at radius 2 is 2.10 bits per heavy atom. The summed E-state index contributed by atoms with van der Waals surface area (Å²) < 4.78 is 0.969. The monoisotopic (exact) mass is 388 g/mol. The summed E-state index contributed by atoms with van der Waals surface area (Å²) in [7, 11) is 0. The van der Waals surface area contributed by atoms with E-state index in [0.29, 0.717) is 5.56 Å². The van der Waals surface area contributed by atoms with Crippen molar-refractivity contribution in [2.24, 2.45) is 0 Å². The minimum Gasteiger partial charge on any atom is -0.359 e. The van der Waals surface area contributed by atoms with Crippen molar-refractivity contribution in [2.75, 3.05) is 5.32 Å². The molecule has 104 valence electrons. The highest BCUT2D eigenvalue weighted by molar-refractivity contribution is 14.1. The molecule has 3 rings (SSSR count). The SMILES string of the molecule is Cc1cc2cc(Nc3c(C#N)cnc(C)c3I)ccc2[nH]1. The van der Waals surface area contributed by atoms with E-state index in [-0.39, 0.29) is 0 Å². The number of halogens is 1. The molecule has 0 aliphatic rings. The molecule has 0 spiro atoms. The van der Waals surface area contributed by atoms with Gasteiger partial charge in [0.2, 0.25) is 0 Å².